The van der Waals surface area contributed by atoms with E-state index in [1.807, 2.05) is 19.9 Å². The Kier molecular flexibility index (Phi) is 3.89. The van der Waals surface area contributed by atoms with Gasteiger partial charge >= 0.3 is 29.6 Å². The molecule has 0 aliphatic carbocycles. The van der Waals surface area contributed by atoms with Crippen molar-refractivity contribution in [2.45, 2.75) is 18.9 Å². The summed E-state index contributed by atoms with van der Waals surface area (Å²) in [5.41, 5.74) is 2.34. The van der Waals surface area contributed by atoms with E-state index in [-0.39, 0.29) is 35.0 Å². The Balaban J connectivity index is 0.00000112. The SMILES string of the molecule is Cc1cc(C)c2c(=O)cc([S-])[nH]c2n1.[Na+]. The molecule has 72 valence electrons. The summed E-state index contributed by atoms with van der Waals surface area (Å²) in [6.45, 7) is 3.79. The zero-order valence-corrected chi connectivity index (χ0v) is 11.7. The monoisotopic (exact) mass is 228 g/mol. The van der Waals surface area contributed by atoms with Crippen molar-refractivity contribution in [3.8, 4) is 0 Å². The van der Waals surface area contributed by atoms with Crippen molar-refractivity contribution < 1.29 is 29.6 Å². The molecule has 3 nitrogen and oxygen atoms in total. The minimum Gasteiger partial charge on any atom is -0.762 e. The quantitative estimate of drug-likeness (QED) is 0.438. The molecule has 1 N–H and O–H groups in total. The molecule has 0 aromatic carbocycles. The minimum atomic E-state index is -0.0613. The average Bonchev–Trinajstić information content (AvgIpc) is 1.99. The molecule has 0 fully saturated rings. The second-order valence-corrected chi connectivity index (χ2v) is 3.74. The maximum Gasteiger partial charge on any atom is 1.00 e. The Morgan fingerprint density at radius 1 is 1.33 bits per heavy atom. The van der Waals surface area contributed by atoms with E-state index in [0.717, 1.165) is 11.3 Å². The standard InChI is InChI=1S/C10H10N2OS.Na/c1-5-3-6(2)11-10-9(5)7(13)4-8(14)12-10;/h3-4H,1-2H3,(H2,11,12,13,14);/q;+1/p-1. The second kappa shape index (κ2) is 4.61. The normalized spacial score (nSPS) is 10.0. The Morgan fingerprint density at radius 2 is 2.00 bits per heavy atom. The molecule has 2 aromatic heterocycles. The summed E-state index contributed by atoms with van der Waals surface area (Å²) < 4.78 is 0. The summed E-state index contributed by atoms with van der Waals surface area (Å²) in [6, 6.07) is 3.31. The molecule has 0 unspecified atom stereocenters. The van der Waals surface area contributed by atoms with E-state index < -0.39 is 0 Å². The summed E-state index contributed by atoms with van der Waals surface area (Å²) in [5.74, 6) is 0. The number of hydrogen-bond acceptors (Lipinski definition) is 3. The van der Waals surface area contributed by atoms with Crippen molar-refractivity contribution in [2.24, 2.45) is 0 Å². The van der Waals surface area contributed by atoms with Gasteiger partial charge < -0.3 is 17.6 Å². The van der Waals surface area contributed by atoms with Gasteiger partial charge in [0, 0.05) is 5.69 Å². The van der Waals surface area contributed by atoms with Crippen LogP contribution in [0.4, 0.5) is 0 Å². The molecule has 0 atom stereocenters. The van der Waals surface area contributed by atoms with Crippen LogP contribution in [0.1, 0.15) is 11.3 Å². The van der Waals surface area contributed by atoms with Crippen LogP contribution >= 0.6 is 0 Å². The van der Waals surface area contributed by atoms with Gasteiger partial charge in [-0.05, 0) is 31.5 Å². The first-order valence-electron chi connectivity index (χ1n) is 4.26. The first-order valence-corrected chi connectivity index (χ1v) is 4.67. The number of fused-ring (bicyclic) bond motifs is 1. The van der Waals surface area contributed by atoms with E-state index in [4.69, 9.17) is 12.6 Å². The summed E-state index contributed by atoms with van der Waals surface area (Å²) in [4.78, 5) is 18.8. The van der Waals surface area contributed by atoms with Crippen molar-refractivity contribution in [1.82, 2.24) is 9.97 Å². The van der Waals surface area contributed by atoms with Gasteiger partial charge in [0.15, 0.2) is 5.43 Å². The van der Waals surface area contributed by atoms with E-state index in [1.54, 1.807) is 0 Å². The Labute approximate surface area is 115 Å². The molecular weight excluding hydrogens is 219 g/mol. The first-order chi connectivity index (χ1) is 6.58. The van der Waals surface area contributed by atoms with Crippen molar-refractivity contribution in [2.75, 3.05) is 0 Å². The van der Waals surface area contributed by atoms with Crippen LogP contribution in [0.15, 0.2) is 22.0 Å². The summed E-state index contributed by atoms with van der Waals surface area (Å²) in [5, 5.41) is 1.06. The molecule has 0 aliphatic rings. The van der Waals surface area contributed by atoms with Crippen LogP contribution in [0.5, 0.6) is 0 Å². The van der Waals surface area contributed by atoms with Gasteiger partial charge in [-0.25, -0.2) is 4.98 Å². The maximum atomic E-state index is 11.6. The molecule has 0 saturated heterocycles. The summed E-state index contributed by atoms with van der Waals surface area (Å²) >= 11 is 4.92. The molecule has 2 aromatic rings. The van der Waals surface area contributed by atoms with Gasteiger partial charge in [-0.1, -0.05) is 0 Å². The Hall–Kier alpha value is -0.420. The minimum absolute atomic E-state index is 0. The molecule has 0 amide bonds. The van der Waals surface area contributed by atoms with E-state index in [1.165, 1.54) is 6.07 Å². The van der Waals surface area contributed by atoms with Gasteiger partial charge in [0.25, 0.3) is 0 Å². The fourth-order valence-electron chi connectivity index (χ4n) is 1.58. The predicted octanol–water partition coefficient (Wildman–Crippen LogP) is -1.55. The number of hydrogen-bond donors (Lipinski definition) is 1. The third-order valence-corrected chi connectivity index (χ3v) is 2.31. The number of pyridine rings is 2. The van der Waals surface area contributed by atoms with Gasteiger partial charge in [-0.15, -0.1) is 5.03 Å². The molecule has 2 rings (SSSR count). The van der Waals surface area contributed by atoms with Crippen molar-refractivity contribution in [3.05, 3.63) is 33.6 Å². The molecule has 0 radical (unpaired) electrons. The topological polar surface area (TPSA) is 45.8 Å². The molecule has 0 saturated carbocycles. The third kappa shape index (κ3) is 2.39. The Morgan fingerprint density at radius 3 is 2.67 bits per heavy atom. The second-order valence-electron chi connectivity index (χ2n) is 3.30. The van der Waals surface area contributed by atoms with Gasteiger partial charge in [0.05, 0.1) is 5.39 Å². The van der Waals surface area contributed by atoms with Gasteiger partial charge in [0.2, 0.25) is 0 Å². The zero-order chi connectivity index (χ0) is 10.3. The molecule has 0 bridgehead atoms. The van der Waals surface area contributed by atoms with Crippen molar-refractivity contribution in [1.29, 1.82) is 0 Å². The van der Waals surface area contributed by atoms with Crippen LogP contribution in [0, 0.1) is 13.8 Å². The van der Waals surface area contributed by atoms with Crippen LogP contribution in [-0.4, -0.2) is 9.97 Å². The number of rotatable bonds is 0. The molecule has 0 aliphatic heterocycles. The number of nitrogens with one attached hydrogen (secondary N) is 1. The Bertz CT molecular complexity index is 560. The van der Waals surface area contributed by atoms with Crippen molar-refractivity contribution in [3.63, 3.8) is 0 Å². The van der Waals surface area contributed by atoms with Crippen LogP contribution in [0.2, 0.25) is 0 Å². The number of nitrogens with zero attached hydrogens (tertiary/aromatic N) is 1. The van der Waals surface area contributed by atoms with Crippen LogP contribution < -0.4 is 35.0 Å². The van der Waals surface area contributed by atoms with Crippen LogP contribution in [0.25, 0.3) is 11.0 Å². The van der Waals surface area contributed by atoms with Gasteiger partial charge in [-0.2, -0.15) is 0 Å². The van der Waals surface area contributed by atoms with Crippen LogP contribution in [0.3, 0.4) is 0 Å². The number of H-pyrrole nitrogens is 1. The summed E-state index contributed by atoms with van der Waals surface area (Å²) in [7, 11) is 0. The van der Waals surface area contributed by atoms with Gasteiger partial charge in [-0.3, -0.25) is 4.79 Å². The van der Waals surface area contributed by atoms with E-state index >= 15 is 0 Å². The smallest absolute Gasteiger partial charge is 0.762 e. The molecule has 2 heterocycles. The fraction of sp³-hybridized carbons (Fsp3) is 0.200. The number of aromatic amines is 1. The van der Waals surface area contributed by atoms with Gasteiger partial charge in [0.1, 0.15) is 5.65 Å². The molecular formula is C10H9N2NaOS. The summed E-state index contributed by atoms with van der Waals surface area (Å²) in [6.07, 6.45) is 0. The zero-order valence-electron chi connectivity index (χ0n) is 8.92. The molecule has 15 heavy (non-hydrogen) atoms. The number of aryl methyl sites for hydroxylation is 2. The van der Waals surface area contributed by atoms with Crippen LogP contribution in [-0.2, 0) is 12.6 Å². The largest absolute Gasteiger partial charge is 1.00 e. The van der Waals surface area contributed by atoms with E-state index in [9.17, 15) is 4.79 Å². The molecule has 0 spiro atoms. The first kappa shape index (κ1) is 12.6. The predicted molar refractivity (Wildman–Crippen MR) is 57.5 cm³/mol. The third-order valence-electron chi connectivity index (χ3n) is 2.09. The van der Waals surface area contributed by atoms with E-state index in [2.05, 4.69) is 9.97 Å². The van der Waals surface area contributed by atoms with E-state index in [0.29, 0.717) is 16.1 Å². The average molecular weight is 228 g/mol. The maximum absolute atomic E-state index is 11.6. The van der Waals surface area contributed by atoms with Crippen molar-refractivity contribution >= 4 is 23.7 Å². The number of aromatic nitrogens is 2. The fourth-order valence-corrected chi connectivity index (χ4v) is 1.79. The molecule has 5 heteroatoms.